The highest BCUT2D eigenvalue weighted by atomic mass is 16.3. The topological polar surface area (TPSA) is 89.3 Å². The molecule has 1 aromatic carbocycles. The molecule has 1 rings (SSSR count). The summed E-state index contributed by atoms with van der Waals surface area (Å²) in [5.41, 5.74) is 13.3. The van der Waals surface area contributed by atoms with Crippen LogP contribution in [0.1, 0.15) is 59.1 Å². The second kappa shape index (κ2) is 7.49. The number of hydrogen-bond donors (Lipinski definition) is 3. The zero-order chi connectivity index (χ0) is 18.7. The number of carbonyl (C=O) groups excluding carboxylic acids is 1. The van der Waals surface area contributed by atoms with Crippen molar-refractivity contribution in [3.05, 3.63) is 35.4 Å². The van der Waals surface area contributed by atoms with E-state index < -0.39 is 6.04 Å². The van der Waals surface area contributed by atoms with Crippen LogP contribution in [-0.2, 0) is 10.2 Å². The van der Waals surface area contributed by atoms with E-state index in [0.29, 0.717) is 18.5 Å². The van der Waals surface area contributed by atoms with Crippen LogP contribution in [0.5, 0.6) is 5.75 Å². The summed E-state index contributed by atoms with van der Waals surface area (Å²) in [7, 11) is 0. The third kappa shape index (κ3) is 5.46. The van der Waals surface area contributed by atoms with Crippen molar-refractivity contribution in [1.29, 1.82) is 0 Å². The number of Topliss-reactive ketones (excluding diaryl/α,β-unsaturated/α-hetero) is 1. The van der Waals surface area contributed by atoms with Gasteiger partial charge < -0.3 is 16.6 Å². The summed E-state index contributed by atoms with van der Waals surface area (Å²) >= 11 is 0. The minimum Gasteiger partial charge on any atom is -0.508 e. The van der Waals surface area contributed by atoms with Crippen LogP contribution in [0.15, 0.2) is 24.3 Å². The van der Waals surface area contributed by atoms with Crippen molar-refractivity contribution >= 4 is 11.4 Å². The Hall–Kier alpha value is -1.65. The Balaban J connectivity index is 3.47. The van der Waals surface area contributed by atoms with Crippen molar-refractivity contribution in [1.82, 2.24) is 0 Å². The fourth-order valence-electron chi connectivity index (χ4n) is 2.54. The number of carbonyl (C=O) groups is 1. The molecule has 0 aromatic heterocycles. The molecule has 0 spiro atoms. The molecule has 134 valence electrons. The number of phenols is 1. The molecule has 0 saturated heterocycles. The van der Waals surface area contributed by atoms with Crippen molar-refractivity contribution in [3.8, 4) is 5.75 Å². The van der Waals surface area contributed by atoms with Crippen LogP contribution < -0.4 is 11.5 Å². The molecule has 0 amide bonds. The van der Waals surface area contributed by atoms with Crippen LogP contribution in [0.4, 0.5) is 0 Å². The molecule has 0 aliphatic carbocycles. The average Bonchev–Trinajstić information content (AvgIpc) is 2.42. The smallest absolute Gasteiger partial charge is 0.179 e. The molecule has 5 N–H and O–H groups in total. The first-order chi connectivity index (χ1) is 10.9. The zero-order valence-corrected chi connectivity index (χ0v) is 15.8. The van der Waals surface area contributed by atoms with E-state index in [9.17, 15) is 9.90 Å². The van der Waals surface area contributed by atoms with E-state index >= 15 is 0 Å². The summed E-state index contributed by atoms with van der Waals surface area (Å²) in [6.07, 6.45) is 2.40. The van der Waals surface area contributed by atoms with E-state index in [-0.39, 0.29) is 22.4 Å². The fraction of sp³-hybridized carbons (Fsp3) is 0.550. The second-order valence-corrected chi connectivity index (χ2v) is 8.45. The second-order valence-electron chi connectivity index (χ2n) is 8.45. The Bertz CT molecular complexity index is 620. The first-order valence-electron chi connectivity index (χ1n) is 8.43. The molecule has 0 aliphatic heterocycles. The molecule has 24 heavy (non-hydrogen) atoms. The number of phenolic OH excluding ortho intramolecular Hbond substituents is 1. The van der Waals surface area contributed by atoms with Crippen molar-refractivity contribution in [3.63, 3.8) is 0 Å². The van der Waals surface area contributed by atoms with Gasteiger partial charge in [0.2, 0.25) is 0 Å². The highest BCUT2D eigenvalue weighted by molar-refractivity contribution is 6.23. The largest absolute Gasteiger partial charge is 0.508 e. The Morgan fingerprint density at radius 3 is 2.25 bits per heavy atom. The Labute approximate surface area is 145 Å². The summed E-state index contributed by atoms with van der Waals surface area (Å²) in [5.74, 6) is 0.126. The lowest BCUT2D eigenvalue weighted by Gasteiger charge is -2.23. The average molecular weight is 332 g/mol. The van der Waals surface area contributed by atoms with Crippen LogP contribution in [0.3, 0.4) is 0 Å². The maximum absolute atomic E-state index is 12.8. The van der Waals surface area contributed by atoms with Crippen LogP contribution in [0.2, 0.25) is 0 Å². The van der Waals surface area contributed by atoms with Crippen LogP contribution in [-0.4, -0.2) is 23.5 Å². The maximum atomic E-state index is 12.8. The van der Waals surface area contributed by atoms with Crippen molar-refractivity contribution < 1.29 is 9.90 Å². The molecule has 1 unspecified atom stereocenters. The molecule has 0 saturated carbocycles. The van der Waals surface area contributed by atoms with E-state index in [2.05, 4.69) is 0 Å². The van der Waals surface area contributed by atoms with Gasteiger partial charge in [-0.25, -0.2) is 0 Å². The van der Waals surface area contributed by atoms with Gasteiger partial charge in [0, 0.05) is 5.57 Å². The Morgan fingerprint density at radius 2 is 1.79 bits per heavy atom. The third-order valence-electron chi connectivity index (χ3n) is 3.77. The summed E-state index contributed by atoms with van der Waals surface area (Å²) < 4.78 is 0. The zero-order valence-electron chi connectivity index (χ0n) is 15.8. The van der Waals surface area contributed by atoms with Gasteiger partial charge in [-0.05, 0) is 47.1 Å². The van der Waals surface area contributed by atoms with Crippen molar-refractivity contribution in [2.45, 2.75) is 59.4 Å². The van der Waals surface area contributed by atoms with Gasteiger partial charge in [-0.15, -0.1) is 0 Å². The maximum Gasteiger partial charge on any atom is 0.179 e. The molecule has 0 radical (unpaired) electrons. The first kappa shape index (κ1) is 20.4. The molecule has 4 heteroatoms. The lowest BCUT2D eigenvalue weighted by Crippen LogP contribution is -2.33. The minimum absolute atomic E-state index is 0.110. The minimum atomic E-state index is -0.615. The fourth-order valence-corrected chi connectivity index (χ4v) is 2.54. The molecule has 0 aliphatic rings. The van der Waals surface area contributed by atoms with E-state index in [1.54, 1.807) is 12.1 Å². The quantitative estimate of drug-likeness (QED) is 0.721. The van der Waals surface area contributed by atoms with Gasteiger partial charge in [0.25, 0.3) is 0 Å². The molecule has 1 atom stereocenters. The number of hydrogen-bond acceptors (Lipinski definition) is 4. The normalized spacial score (nSPS) is 14.6. The Morgan fingerprint density at radius 1 is 1.21 bits per heavy atom. The molecule has 0 bridgehead atoms. The van der Waals surface area contributed by atoms with Gasteiger partial charge >= 0.3 is 0 Å². The number of nitrogens with two attached hydrogens (primary N) is 2. The van der Waals surface area contributed by atoms with Gasteiger partial charge in [0.05, 0.1) is 6.04 Å². The summed E-state index contributed by atoms with van der Waals surface area (Å²) in [6, 6.07) is 4.69. The monoisotopic (exact) mass is 332 g/mol. The van der Waals surface area contributed by atoms with Gasteiger partial charge in [-0.3, -0.25) is 4.79 Å². The number of rotatable bonds is 5. The summed E-state index contributed by atoms with van der Waals surface area (Å²) in [5, 5.41) is 10.2. The van der Waals surface area contributed by atoms with Crippen LogP contribution in [0.25, 0.3) is 5.57 Å². The molecular formula is C20H32N2O2. The molecular weight excluding hydrogens is 300 g/mol. The number of ketones is 1. The standard InChI is InChI=1S/C20H32N2O2/c1-19(2,3)12-14(18(24)16(22)9-10-21)13-7-8-17(23)15(11-13)20(4,5)6/h7-8,11-12,16,23H,9-10,21-22H2,1-6H3. The highest BCUT2D eigenvalue weighted by Crippen LogP contribution is 2.34. The van der Waals surface area contributed by atoms with E-state index in [4.69, 9.17) is 11.5 Å². The van der Waals surface area contributed by atoms with Gasteiger partial charge in [-0.1, -0.05) is 53.7 Å². The SMILES string of the molecule is CC(C)(C)C=C(C(=O)C(N)CCN)c1ccc(O)c(C(C)(C)C)c1. The van der Waals surface area contributed by atoms with Gasteiger partial charge in [0.15, 0.2) is 5.78 Å². The summed E-state index contributed by atoms with van der Waals surface area (Å²) in [6.45, 7) is 12.6. The molecule has 0 fully saturated rings. The lowest BCUT2D eigenvalue weighted by molar-refractivity contribution is -0.115. The number of aromatic hydroxyl groups is 1. The molecule has 1 aromatic rings. The van der Waals surface area contributed by atoms with Crippen LogP contribution >= 0.6 is 0 Å². The number of allylic oxidation sites excluding steroid dienone is 1. The van der Waals surface area contributed by atoms with Gasteiger partial charge in [0.1, 0.15) is 5.75 Å². The van der Waals surface area contributed by atoms with E-state index in [1.807, 2.05) is 53.7 Å². The van der Waals surface area contributed by atoms with E-state index in [1.165, 1.54) is 0 Å². The molecule has 0 heterocycles. The van der Waals surface area contributed by atoms with Crippen molar-refractivity contribution in [2.24, 2.45) is 16.9 Å². The predicted molar refractivity (Wildman–Crippen MR) is 101 cm³/mol. The van der Waals surface area contributed by atoms with Crippen molar-refractivity contribution in [2.75, 3.05) is 6.54 Å². The van der Waals surface area contributed by atoms with Crippen LogP contribution in [0, 0.1) is 5.41 Å². The number of benzene rings is 1. The van der Waals surface area contributed by atoms with Gasteiger partial charge in [-0.2, -0.15) is 0 Å². The first-order valence-corrected chi connectivity index (χ1v) is 8.43. The summed E-state index contributed by atoms with van der Waals surface area (Å²) in [4.78, 5) is 12.8. The third-order valence-corrected chi connectivity index (χ3v) is 3.77. The highest BCUT2D eigenvalue weighted by Gasteiger charge is 2.24. The molecule has 4 nitrogen and oxygen atoms in total. The lowest BCUT2D eigenvalue weighted by atomic mass is 9.82. The Kier molecular flexibility index (Phi) is 6.37. The predicted octanol–water partition coefficient (Wildman–Crippen LogP) is 3.36. The van der Waals surface area contributed by atoms with E-state index in [0.717, 1.165) is 11.1 Å².